The Morgan fingerprint density at radius 1 is 1.23 bits per heavy atom. The van der Waals surface area contributed by atoms with Crippen LogP contribution in [0.3, 0.4) is 0 Å². The zero-order chi connectivity index (χ0) is 16.2. The van der Waals surface area contributed by atoms with Gasteiger partial charge in [0.2, 0.25) is 0 Å². The summed E-state index contributed by atoms with van der Waals surface area (Å²) in [5, 5.41) is 20.0. The molecule has 1 fully saturated rings. The molecule has 0 radical (unpaired) electrons. The Morgan fingerprint density at radius 2 is 1.91 bits per heavy atom. The average Bonchev–Trinajstić information content (AvgIpc) is 2.52. The molecule has 1 aliphatic carbocycles. The van der Waals surface area contributed by atoms with Crippen LogP contribution in [0.2, 0.25) is 0 Å². The minimum Gasteiger partial charge on any atom is -0.465 e. The van der Waals surface area contributed by atoms with Gasteiger partial charge in [-0.3, -0.25) is 0 Å². The van der Waals surface area contributed by atoms with E-state index in [1.54, 1.807) is 0 Å². The van der Waals surface area contributed by atoms with Gasteiger partial charge in [-0.1, -0.05) is 6.92 Å². The number of rotatable bonds is 11. The first-order valence-electron chi connectivity index (χ1n) is 8.53. The molecule has 1 aliphatic rings. The van der Waals surface area contributed by atoms with E-state index in [-0.39, 0.29) is 6.61 Å². The summed E-state index contributed by atoms with van der Waals surface area (Å²) in [6.45, 7) is 7.20. The van der Waals surface area contributed by atoms with Crippen LogP contribution in [0.4, 0.5) is 4.79 Å². The van der Waals surface area contributed by atoms with Crippen molar-refractivity contribution in [2.24, 2.45) is 11.8 Å². The van der Waals surface area contributed by atoms with E-state index in [1.807, 2.05) is 0 Å². The van der Waals surface area contributed by atoms with Crippen LogP contribution in [0.25, 0.3) is 0 Å². The van der Waals surface area contributed by atoms with Gasteiger partial charge in [0.25, 0.3) is 0 Å². The molecule has 1 amide bonds. The summed E-state index contributed by atoms with van der Waals surface area (Å²) in [5.74, 6) is 1.12. The first-order chi connectivity index (χ1) is 10.7. The number of hydrogen-bond donors (Lipinski definition) is 3. The fourth-order valence-electron chi connectivity index (χ4n) is 3.04. The molecule has 0 bridgehead atoms. The second kappa shape index (κ2) is 11.7. The fourth-order valence-corrected chi connectivity index (χ4v) is 3.04. The van der Waals surface area contributed by atoms with Gasteiger partial charge >= 0.3 is 6.09 Å². The van der Waals surface area contributed by atoms with Gasteiger partial charge in [-0.05, 0) is 50.5 Å². The highest BCUT2D eigenvalue weighted by Gasteiger charge is 2.21. The second-order valence-corrected chi connectivity index (χ2v) is 6.16. The Kier molecular flexibility index (Phi) is 10.2. The summed E-state index contributed by atoms with van der Waals surface area (Å²) in [6, 6.07) is 0. The predicted molar refractivity (Wildman–Crippen MR) is 86.1 cm³/mol. The van der Waals surface area contributed by atoms with Crippen LogP contribution in [-0.4, -0.2) is 67.2 Å². The van der Waals surface area contributed by atoms with Crippen molar-refractivity contribution in [1.29, 1.82) is 0 Å². The molecule has 6 heteroatoms. The molecule has 0 unspecified atom stereocenters. The number of likely N-dealkylation sites (N-methyl/N-ethyl adjacent to an activating group) is 1. The average molecular weight is 316 g/mol. The molecular formula is C16H32N2O4. The first-order valence-corrected chi connectivity index (χ1v) is 8.53. The second-order valence-electron chi connectivity index (χ2n) is 6.16. The minimum absolute atomic E-state index is 0.217. The van der Waals surface area contributed by atoms with Crippen LogP contribution in [-0.2, 0) is 4.74 Å². The highest BCUT2D eigenvalue weighted by Crippen LogP contribution is 2.28. The maximum atomic E-state index is 10.5. The molecule has 0 heterocycles. The Morgan fingerprint density at radius 3 is 2.50 bits per heavy atom. The minimum atomic E-state index is -0.923. The molecule has 0 aromatic heterocycles. The van der Waals surface area contributed by atoms with Gasteiger partial charge < -0.3 is 25.2 Å². The summed E-state index contributed by atoms with van der Waals surface area (Å²) in [4.78, 5) is 12.7. The number of nitrogens with zero attached hydrogens (tertiary/aromatic N) is 1. The van der Waals surface area contributed by atoms with E-state index >= 15 is 0 Å². The van der Waals surface area contributed by atoms with Crippen LogP contribution in [0.5, 0.6) is 0 Å². The molecule has 0 aromatic rings. The molecule has 3 N–H and O–H groups in total. The molecule has 0 spiro atoms. The van der Waals surface area contributed by atoms with Gasteiger partial charge in [0.05, 0.1) is 6.61 Å². The SMILES string of the molecule is CCN(CCO)CCCOCC1CCC(CNC(=O)O)CC1. The highest BCUT2D eigenvalue weighted by atomic mass is 16.5. The van der Waals surface area contributed by atoms with E-state index in [9.17, 15) is 4.79 Å². The first kappa shape index (κ1) is 19.2. The lowest BCUT2D eigenvalue weighted by Crippen LogP contribution is -2.31. The third-order valence-electron chi connectivity index (χ3n) is 4.49. The normalized spacial score (nSPS) is 22.0. The zero-order valence-corrected chi connectivity index (χ0v) is 13.8. The number of aliphatic hydroxyl groups excluding tert-OH is 1. The maximum absolute atomic E-state index is 10.5. The third-order valence-corrected chi connectivity index (χ3v) is 4.49. The smallest absolute Gasteiger partial charge is 0.404 e. The lowest BCUT2D eigenvalue weighted by atomic mass is 9.82. The van der Waals surface area contributed by atoms with Crippen molar-refractivity contribution >= 4 is 6.09 Å². The molecule has 6 nitrogen and oxygen atoms in total. The molecule has 0 atom stereocenters. The summed E-state index contributed by atoms with van der Waals surface area (Å²) in [5.41, 5.74) is 0. The van der Waals surface area contributed by atoms with E-state index in [0.29, 0.717) is 18.4 Å². The van der Waals surface area contributed by atoms with Gasteiger partial charge in [0.1, 0.15) is 0 Å². The number of ether oxygens (including phenoxy) is 1. The number of hydrogen-bond acceptors (Lipinski definition) is 4. The van der Waals surface area contributed by atoms with Crippen molar-refractivity contribution in [2.45, 2.75) is 39.0 Å². The quantitative estimate of drug-likeness (QED) is 0.506. The lowest BCUT2D eigenvalue weighted by Gasteiger charge is -2.28. The number of amides is 1. The standard InChI is InChI=1S/C16H32N2O4/c1-2-18(9-10-19)8-3-11-22-13-15-6-4-14(5-7-15)12-17-16(20)21/h14-15,17,19H,2-13H2,1H3,(H,20,21). The molecule has 0 saturated heterocycles. The lowest BCUT2D eigenvalue weighted by molar-refractivity contribution is 0.0699. The maximum Gasteiger partial charge on any atom is 0.404 e. The van der Waals surface area contributed by atoms with Crippen LogP contribution in [0.1, 0.15) is 39.0 Å². The van der Waals surface area contributed by atoms with Crippen molar-refractivity contribution in [3.63, 3.8) is 0 Å². The Balaban J connectivity index is 1.99. The van der Waals surface area contributed by atoms with E-state index < -0.39 is 6.09 Å². The number of nitrogens with one attached hydrogen (secondary N) is 1. The summed E-state index contributed by atoms with van der Waals surface area (Å²) < 4.78 is 5.78. The van der Waals surface area contributed by atoms with E-state index in [4.69, 9.17) is 14.9 Å². The van der Waals surface area contributed by atoms with Crippen LogP contribution < -0.4 is 5.32 Å². The van der Waals surface area contributed by atoms with Crippen LogP contribution >= 0.6 is 0 Å². The van der Waals surface area contributed by atoms with E-state index in [1.165, 1.54) is 0 Å². The van der Waals surface area contributed by atoms with Crippen molar-refractivity contribution in [3.8, 4) is 0 Å². The van der Waals surface area contributed by atoms with Crippen molar-refractivity contribution in [1.82, 2.24) is 10.2 Å². The topological polar surface area (TPSA) is 82.0 Å². The third kappa shape index (κ3) is 8.56. The van der Waals surface area contributed by atoms with Gasteiger partial charge in [0.15, 0.2) is 0 Å². The fraction of sp³-hybridized carbons (Fsp3) is 0.938. The van der Waals surface area contributed by atoms with E-state index in [0.717, 1.165) is 65.0 Å². The number of carbonyl (C=O) groups is 1. The largest absolute Gasteiger partial charge is 0.465 e. The molecule has 0 aliphatic heterocycles. The monoisotopic (exact) mass is 316 g/mol. The van der Waals surface area contributed by atoms with Gasteiger partial charge in [-0.25, -0.2) is 4.79 Å². The molecule has 1 rings (SSSR count). The summed E-state index contributed by atoms with van der Waals surface area (Å²) in [6.07, 6.45) is 4.54. The van der Waals surface area contributed by atoms with Gasteiger partial charge in [-0.15, -0.1) is 0 Å². The molecule has 0 aromatic carbocycles. The van der Waals surface area contributed by atoms with Crippen LogP contribution in [0, 0.1) is 11.8 Å². The molecule has 1 saturated carbocycles. The van der Waals surface area contributed by atoms with Gasteiger partial charge in [-0.2, -0.15) is 0 Å². The Bertz CT molecular complexity index is 294. The van der Waals surface area contributed by atoms with E-state index in [2.05, 4.69) is 17.1 Å². The predicted octanol–water partition coefficient (Wildman–Crippen LogP) is 1.78. The Labute approximate surface area is 133 Å². The number of carboxylic acid groups (broad SMARTS) is 1. The van der Waals surface area contributed by atoms with Crippen molar-refractivity contribution in [2.75, 3.05) is 46.0 Å². The molecular weight excluding hydrogens is 284 g/mol. The highest BCUT2D eigenvalue weighted by molar-refractivity contribution is 5.64. The zero-order valence-electron chi connectivity index (χ0n) is 13.8. The Hall–Kier alpha value is -0.850. The van der Waals surface area contributed by atoms with Crippen molar-refractivity contribution < 1.29 is 19.7 Å². The number of aliphatic hydroxyl groups is 1. The summed E-state index contributed by atoms with van der Waals surface area (Å²) >= 11 is 0. The van der Waals surface area contributed by atoms with Crippen LogP contribution in [0.15, 0.2) is 0 Å². The summed E-state index contributed by atoms with van der Waals surface area (Å²) in [7, 11) is 0. The molecule has 22 heavy (non-hydrogen) atoms. The molecule has 130 valence electrons. The van der Waals surface area contributed by atoms with Gasteiger partial charge in [0, 0.05) is 32.8 Å². The van der Waals surface area contributed by atoms with Crippen molar-refractivity contribution in [3.05, 3.63) is 0 Å².